The van der Waals surface area contributed by atoms with Gasteiger partial charge in [-0.25, -0.2) is 0 Å². The SMILES string of the molecule is CC(=O)c1c(C)nc2c(c1-c1cccc([N+](=O)[O-])c1)C(=O)c1ccccc1-2. The number of nitro benzene ring substituents is 1. The van der Waals surface area contributed by atoms with E-state index in [1.807, 2.05) is 12.1 Å². The standard InChI is InChI=1S/C21H14N2O4/c1-11-17(12(2)24)18(13-6-5-7-14(10-13)23(26)27)19-20(22-11)15-8-3-4-9-16(15)21(19)25/h3-10H,1-2H3. The summed E-state index contributed by atoms with van der Waals surface area (Å²) in [6, 6.07) is 13.1. The number of carbonyl (C=O) groups excluding carboxylic acids is 2. The Hall–Kier alpha value is -3.67. The molecule has 1 aliphatic carbocycles. The van der Waals surface area contributed by atoms with Crippen molar-refractivity contribution >= 4 is 17.3 Å². The second kappa shape index (κ2) is 5.95. The Morgan fingerprint density at radius 2 is 1.74 bits per heavy atom. The minimum Gasteiger partial charge on any atom is -0.294 e. The smallest absolute Gasteiger partial charge is 0.270 e. The van der Waals surface area contributed by atoms with Gasteiger partial charge in [-0.15, -0.1) is 0 Å². The molecular formula is C21H14N2O4. The number of non-ortho nitro benzene ring substituents is 1. The number of carbonyl (C=O) groups is 2. The Kier molecular flexibility index (Phi) is 3.70. The second-order valence-electron chi connectivity index (χ2n) is 6.41. The van der Waals surface area contributed by atoms with Gasteiger partial charge in [-0.2, -0.15) is 0 Å². The Morgan fingerprint density at radius 1 is 1.04 bits per heavy atom. The number of rotatable bonds is 3. The lowest BCUT2D eigenvalue weighted by atomic mass is 9.90. The highest BCUT2D eigenvalue weighted by Crippen LogP contribution is 2.43. The van der Waals surface area contributed by atoms with Crippen molar-refractivity contribution in [1.82, 2.24) is 4.98 Å². The molecule has 0 spiro atoms. The predicted octanol–water partition coefficient (Wildman–Crippen LogP) is 4.38. The average molecular weight is 358 g/mol. The summed E-state index contributed by atoms with van der Waals surface area (Å²) in [4.78, 5) is 40.7. The van der Waals surface area contributed by atoms with E-state index in [1.165, 1.54) is 19.1 Å². The number of aromatic nitrogens is 1. The van der Waals surface area contributed by atoms with E-state index in [2.05, 4.69) is 4.98 Å². The van der Waals surface area contributed by atoms with E-state index in [1.54, 1.807) is 31.2 Å². The Labute approximate surface area is 154 Å². The molecule has 2 aromatic carbocycles. The van der Waals surface area contributed by atoms with Crippen molar-refractivity contribution in [1.29, 1.82) is 0 Å². The van der Waals surface area contributed by atoms with E-state index in [4.69, 9.17) is 0 Å². The van der Waals surface area contributed by atoms with Gasteiger partial charge in [-0.3, -0.25) is 24.7 Å². The molecular weight excluding hydrogens is 344 g/mol. The minimum absolute atomic E-state index is 0.104. The van der Waals surface area contributed by atoms with Gasteiger partial charge < -0.3 is 0 Å². The summed E-state index contributed by atoms with van der Waals surface area (Å²) < 4.78 is 0. The van der Waals surface area contributed by atoms with E-state index >= 15 is 0 Å². The van der Waals surface area contributed by atoms with Crippen LogP contribution in [0, 0.1) is 17.0 Å². The third-order valence-electron chi connectivity index (χ3n) is 4.73. The molecule has 0 fully saturated rings. The van der Waals surface area contributed by atoms with Crippen molar-refractivity contribution in [2.24, 2.45) is 0 Å². The zero-order valence-corrected chi connectivity index (χ0v) is 14.6. The largest absolute Gasteiger partial charge is 0.294 e. The summed E-state index contributed by atoms with van der Waals surface area (Å²) in [7, 11) is 0. The summed E-state index contributed by atoms with van der Waals surface area (Å²) in [6.45, 7) is 3.12. The zero-order chi connectivity index (χ0) is 19.3. The van der Waals surface area contributed by atoms with E-state index < -0.39 is 4.92 Å². The molecule has 3 aromatic rings. The number of nitrogens with zero attached hydrogens (tertiary/aromatic N) is 2. The molecule has 0 bridgehead atoms. The summed E-state index contributed by atoms with van der Waals surface area (Å²) in [6.07, 6.45) is 0. The monoisotopic (exact) mass is 358 g/mol. The number of aryl methyl sites for hydroxylation is 1. The topological polar surface area (TPSA) is 90.2 Å². The van der Waals surface area contributed by atoms with Crippen molar-refractivity contribution in [3.05, 3.63) is 81.0 Å². The highest BCUT2D eigenvalue weighted by molar-refractivity contribution is 6.25. The highest BCUT2D eigenvalue weighted by atomic mass is 16.6. The lowest BCUT2D eigenvalue weighted by molar-refractivity contribution is -0.384. The Morgan fingerprint density at radius 3 is 2.41 bits per heavy atom. The van der Waals surface area contributed by atoms with Gasteiger partial charge in [0.1, 0.15) is 0 Å². The number of nitro groups is 1. The predicted molar refractivity (Wildman–Crippen MR) is 99.9 cm³/mol. The molecule has 1 aliphatic rings. The molecule has 0 saturated carbocycles. The van der Waals surface area contributed by atoms with E-state index in [0.717, 1.165) is 0 Å². The summed E-state index contributed by atoms with van der Waals surface area (Å²) >= 11 is 0. The van der Waals surface area contributed by atoms with Gasteiger partial charge in [0.15, 0.2) is 11.6 Å². The first-order valence-corrected chi connectivity index (χ1v) is 8.34. The van der Waals surface area contributed by atoms with Gasteiger partial charge in [-0.1, -0.05) is 36.4 Å². The van der Waals surface area contributed by atoms with Gasteiger partial charge in [0.05, 0.1) is 16.2 Å². The molecule has 27 heavy (non-hydrogen) atoms. The van der Waals surface area contributed by atoms with Crippen molar-refractivity contribution in [3.63, 3.8) is 0 Å². The maximum Gasteiger partial charge on any atom is 0.270 e. The molecule has 0 N–H and O–H groups in total. The number of pyridine rings is 1. The molecule has 0 aliphatic heterocycles. The Balaban J connectivity index is 2.12. The maximum absolute atomic E-state index is 13.1. The van der Waals surface area contributed by atoms with Crippen LogP contribution in [0.3, 0.4) is 0 Å². The first kappa shape index (κ1) is 16.8. The summed E-state index contributed by atoms with van der Waals surface area (Å²) in [5.74, 6) is -0.467. The number of ketones is 2. The van der Waals surface area contributed by atoms with Crippen molar-refractivity contribution in [2.45, 2.75) is 13.8 Å². The fraction of sp³-hybridized carbons (Fsp3) is 0.0952. The molecule has 0 amide bonds. The zero-order valence-electron chi connectivity index (χ0n) is 14.6. The average Bonchev–Trinajstić information content (AvgIpc) is 2.93. The van der Waals surface area contributed by atoms with Crippen LogP contribution >= 0.6 is 0 Å². The van der Waals surface area contributed by atoms with Crippen molar-refractivity contribution < 1.29 is 14.5 Å². The molecule has 0 unspecified atom stereocenters. The quantitative estimate of drug-likeness (QED) is 0.308. The summed E-state index contributed by atoms with van der Waals surface area (Å²) in [5.41, 5.74) is 3.64. The molecule has 0 radical (unpaired) electrons. The van der Waals surface area contributed by atoms with Crippen LogP contribution in [0.15, 0.2) is 48.5 Å². The van der Waals surface area contributed by atoms with Crippen LogP contribution in [0.4, 0.5) is 5.69 Å². The first-order chi connectivity index (χ1) is 12.9. The van der Waals surface area contributed by atoms with Gasteiger partial charge in [0.2, 0.25) is 0 Å². The lowest BCUT2D eigenvalue weighted by Gasteiger charge is -2.15. The number of benzene rings is 2. The molecule has 0 saturated heterocycles. The fourth-order valence-corrected chi connectivity index (χ4v) is 3.64. The minimum atomic E-state index is -0.498. The molecule has 132 valence electrons. The number of fused-ring (bicyclic) bond motifs is 3. The first-order valence-electron chi connectivity index (χ1n) is 8.34. The maximum atomic E-state index is 13.1. The molecule has 0 atom stereocenters. The lowest BCUT2D eigenvalue weighted by Crippen LogP contribution is -2.09. The molecule has 6 heteroatoms. The molecule has 1 heterocycles. The Bertz CT molecular complexity index is 1160. The van der Waals surface area contributed by atoms with Crippen LogP contribution < -0.4 is 0 Å². The highest BCUT2D eigenvalue weighted by Gasteiger charge is 2.34. The van der Waals surface area contributed by atoms with Gasteiger partial charge in [0.25, 0.3) is 5.69 Å². The third kappa shape index (κ3) is 2.45. The van der Waals surface area contributed by atoms with Crippen LogP contribution in [0.1, 0.15) is 38.9 Å². The second-order valence-corrected chi connectivity index (χ2v) is 6.41. The van der Waals surface area contributed by atoms with Crippen LogP contribution in [0.2, 0.25) is 0 Å². The van der Waals surface area contributed by atoms with E-state index in [-0.39, 0.29) is 17.3 Å². The van der Waals surface area contributed by atoms with E-state index in [9.17, 15) is 19.7 Å². The van der Waals surface area contributed by atoms with Gasteiger partial charge in [-0.05, 0) is 19.4 Å². The van der Waals surface area contributed by atoms with Gasteiger partial charge >= 0.3 is 0 Å². The molecule has 6 nitrogen and oxygen atoms in total. The summed E-state index contributed by atoms with van der Waals surface area (Å²) in [5, 5.41) is 11.2. The number of Topliss-reactive ketones (excluding diaryl/α,β-unsaturated/α-hetero) is 1. The van der Waals surface area contributed by atoms with Crippen molar-refractivity contribution in [3.8, 4) is 22.4 Å². The van der Waals surface area contributed by atoms with Crippen LogP contribution in [-0.2, 0) is 0 Å². The fourth-order valence-electron chi connectivity index (χ4n) is 3.64. The number of hydrogen-bond acceptors (Lipinski definition) is 5. The van der Waals surface area contributed by atoms with Gasteiger partial charge in [0, 0.05) is 40.1 Å². The van der Waals surface area contributed by atoms with Crippen LogP contribution in [-0.4, -0.2) is 21.5 Å². The van der Waals surface area contributed by atoms with Crippen LogP contribution in [0.5, 0.6) is 0 Å². The normalized spacial score (nSPS) is 11.9. The van der Waals surface area contributed by atoms with Crippen LogP contribution in [0.25, 0.3) is 22.4 Å². The van der Waals surface area contributed by atoms with E-state index in [0.29, 0.717) is 44.8 Å². The molecule has 1 aromatic heterocycles. The molecule has 4 rings (SSSR count). The van der Waals surface area contributed by atoms with Crippen molar-refractivity contribution in [2.75, 3.05) is 0 Å². The number of hydrogen-bond donors (Lipinski definition) is 0. The third-order valence-corrected chi connectivity index (χ3v) is 4.73.